The Hall–Kier alpha value is -1.75. The van der Waals surface area contributed by atoms with Crippen molar-refractivity contribution in [3.8, 4) is 0 Å². The van der Waals surface area contributed by atoms with E-state index in [1.54, 1.807) is 6.92 Å². The third-order valence-corrected chi connectivity index (χ3v) is 4.55. The first-order chi connectivity index (χ1) is 11.9. The lowest BCUT2D eigenvalue weighted by molar-refractivity contribution is -0.122. The zero-order chi connectivity index (χ0) is 18.4. The van der Waals surface area contributed by atoms with Gasteiger partial charge in [0.15, 0.2) is 0 Å². The molecule has 3 unspecified atom stereocenters. The highest BCUT2D eigenvalue weighted by Crippen LogP contribution is 2.47. The predicted octanol–water partition coefficient (Wildman–Crippen LogP) is 3.72. The minimum atomic E-state index is -0.437. The SMILES string of the molecule is CCOC(=O)NC(CNC(=O)C1CC1c1ccc(Cl)cc1)CC(C)C. The maximum absolute atomic E-state index is 12.4. The van der Waals surface area contributed by atoms with Gasteiger partial charge in [-0.3, -0.25) is 4.79 Å². The zero-order valence-corrected chi connectivity index (χ0v) is 15.8. The van der Waals surface area contributed by atoms with Gasteiger partial charge >= 0.3 is 6.09 Å². The van der Waals surface area contributed by atoms with Crippen LogP contribution < -0.4 is 10.6 Å². The van der Waals surface area contributed by atoms with Crippen molar-refractivity contribution in [3.05, 3.63) is 34.9 Å². The summed E-state index contributed by atoms with van der Waals surface area (Å²) in [6.07, 6.45) is 1.20. The number of amides is 2. The Morgan fingerprint density at radius 1 is 1.28 bits per heavy atom. The Bertz CT molecular complexity index is 589. The van der Waals surface area contributed by atoms with Gasteiger partial charge in [-0.05, 0) is 49.3 Å². The Morgan fingerprint density at radius 3 is 2.56 bits per heavy atom. The Morgan fingerprint density at radius 2 is 1.96 bits per heavy atom. The number of nitrogens with one attached hydrogen (secondary N) is 2. The molecule has 6 heteroatoms. The van der Waals surface area contributed by atoms with Gasteiger partial charge in [0.1, 0.15) is 0 Å². The van der Waals surface area contributed by atoms with E-state index in [0.717, 1.165) is 18.4 Å². The van der Waals surface area contributed by atoms with Crippen molar-refractivity contribution in [2.75, 3.05) is 13.2 Å². The lowest BCUT2D eigenvalue weighted by Crippen LogP contribution is -2.45. The first-order valence-electron chi connectivity index (χ1n) is 8.87. The summed E-state index contributed by atoms with van der Waals surface area (Å²) in [4.78, 5) is 24.0. The summed E-state index contributed by atoms with van der Waals surface area (Å²) in [5, 5.41) is 6.50. The number of halogens is 1. The van der Waals surface area contributed by atoms with Crippen molar-refractivity contribution in [2.45, 2.75) is 45.6 Å². The van der Waals surface area contributed by atoms with E-state index in [1.165, 1.54) is 0 Å². The second-order valence-electron chi connectivity index (χ2n) is 6.94. The van der Waals surface area contributed by atoms with Crippen molar-refractivity contribution in [1.29, 1.82) is 0 Å². The topological polar surface area (TPSA) is 67.4 Å². The largest absolute Gasteiger partial charge is 0.450 e. The summed E-state index contributed by atoms with van der Waals surface area (Å²) in [6, 6.07) is 7.53. The molecule has 3 atom stereocenters. The third-order valence-electron chi connectivity index (χ3n) is 4.30. The van der Waals surface area contributed by atoms with E-state index in [9.17, 15) is 9.59 Å². The molecular weight excluding hydrogens is 340 g/mol. The third kappa shape index (κ3) is 6.24. The molecule has 25 heavy (non-hydrogen) atoms. The summed E-state index contributed by atoms with van der Waals surface area (Å²) in [6.45, 7) is 6.68. The lowest BCUT2D eigenvalue weighted by atomic mass is 10.0. The molecule has 0 heterocycles. The smallest absolute Gasteiger partial charge is 0.407 e. The van der Waals surface area contributed by atoms with Gasteiger partial charge in [-0.25, -0.2) is 4.79 Å². The van der Waals surface area contributed by atoms with Crippen molar-refractivity contribution >= 4 is 23.6 Å². The van der Waals surface area contributed by atoms with Gasteiger partial charge in [0, 0.05) is 23.5 Å². The van der Waals surface area contributed by atoms with Crippen LogP contribution in [0.1, 0.15) is 45.1 Å². The Balaban J connectivity index is 1.82. The fraction of sp³-hybridized carbons (Fsp3) is 0.579. The van der Waals surface area contributed by atoms with Crippen LogP contribution in [-0.2, 0) is 9.53 Å². The number of hydrogen-bond donors (Lipinski definition) is 2. The summed E-state index contributed by atoms with van der Waals surface area (Å²) in [7, 11) is 0. The van der Waals surface area contributed by atoms with Crippen LogP contribution >= 0.6 is 11.6 Å². The van der Waals surface area contributed by atoms with E-state index >= 15 is 0 Å². The molecule has 138 valence electrons. The molecule has 2 amide bonds. The Labute approximate surface area is 154 Å². The number of ether oxygens (including phenoxy) is 1. The maximum atomic E-state index is 12.4. The van der Waals surface area contributed by atoms with E-state index in [2.05, 4.69) is 24.5 Å². The summed E-state index contributed by atoms with van der Waals surface area (Å²) >= 11 is 5.90. The molecule has 2 N–H and O–H groups in total. The summed E-state index contributed by atoms with van der Waals surface area (Å²) in [5.74, 6) is 0.716. The van der Waals surface area contributed by atoms with Crippen LogP contribution in [0.5, 0.6) is 0 Å². The molecule has 1 aliphatic carbocycles. The highest BCUT2D eigenvalue weighted by atomic mass is 35.5. The second kappa shape index (κ2) is 9.09. The van der Waals surface area contributed by atoms with Crippen LogP contribution in [0, 0.1) is 11.8 Å². The highest BCUT2D eigenvalue weighted by molar-refractivity contribution is 6.30. The molecule has 1 aliphatic rings. The second-order valence-corrected chi connectivity index (χ2v) is 7.37. The molecule has 1 aromatic rings. The van der Waals surface area contributed by atoms with Crippen LogP contribution in [0.25, 0.3) is 0 Å². The number of rotatable bonds is 8. The quantitative estimate of drug-likeness (QED) is 0.736. The fourth-order valence-corrected chi connectivity index (χ4v) is 3.15. The van der Waals surface area contributed by atoms with E-state index in [4.69, 9.17) is 16.3 Å². The Kier molecular flexibility index (Phi) is 7.12. The first kappa shape index (κ1) is 19.6. The van der Waals surface area contributed by atoms with Crippen LogP contribution in [0.2, 0.25) is 5.02 Å². The fourth-order valence-electron chi connectivity index (χ4n) is 3.02. The minimum absolute atomic E-state index is 0.00321. The van der Waals surface area contributed by atoms with E-state index in [1.807, 2.05) is 24.3 Å². The highest BCUT2D eigenvalue weighted by Gasteiger charge is 2.43. The average Bonchev–Trinajstić information content (AvgIpc) is 3.33. The number of carbonyl (C=O) groups is 2. The molecule has 0 saturated heterocycles. The average molecular weight is 367 g/mol. The molecule has 5 nitrogen and oxygen atoms in total. The van der Waals surface area contributed by atoms with Crippen molar-refractivity contribution < 1.29 is 14.3 Å². The molecule has 2 rings (SSSR count). The molecule has 1 fully saturated rings. The normalized spacial score (nSPS) is 20.0. The molecular formula is C19H27ClN2O3. The van der Waals surface area contributed by atoms with Crippen LogP contribution in [0.4, 0.5) is 4.79 Å². The first-order valence-corrected chi connectivity index (χ1v) is 9.25. The molecule has 0 radical (unpaired) electrons. The number of hydrogen-bond acceptors (Lipinski definition) is 3. The molecule has 0 bridgehead atoms. The zero-order valence-electron chi connectivity index (χ0n) is 15.0. The molecule has 1 aromatic carbocycles. The van der Waals surface area contributed by atoms with Crippen LogP contribution in [0.15, 0.2) is 24.3 Å². The standard InChI is InChI=1S/C19H27ClN2O3/c1-4-25-19(24)22-15(9-12(2)3)11-21-18(23)17-10-16(17)13-5-7-14(20)8-6-13/h5-8,12,15-17H,4,9-11H2,1-3H3,(H,21,23)(H,22,24). The van der Waals surface area contributed by atoms with Gasteiger partial charge in [0.05, 0.1) is 6.61 Å². The van der Waals surface area contributed by atoms with Crippen molar-refractivity contribution in [2.24, 2.45) is 11.8 Å². The van der Waals surface area contributed by atoms with Crippen molar-refractivity contribution in [3.63, 3.8) is 0 Å². The monoisotopic (exact) mass is 366 g/mol. The lowest BCUT2D eigenvalue weighted by Gasteiger charge is -2.20. The van der Waals surface area contributed by atoms with Crippen molar-refractivity contribution in [1.82, 2.24) is 10.6 Å². The van der Waals surface area contributed by atoms with E-state index in [0.29, 0.717) is 24.1 Å². The minimum Gasteiger partial charge on any atom is -0.450 e. The van der Waals surface area contributed by atoms with Gasteiger partial charge in [-0.2, -0.15) is 0 Å². The predicted molar refractivity (Wildman–Crippen MR) is 98.7 cm³/mol. The molecule has 0 aromatic heterocycles. The van der Waals surface area contributed by atoms with Gasteiger partial charge in [0.25, 0.3) is 0 Å². The number of carbonyl (C=O) groups excluding carboxylic acids is 2. The number of benzene rings is 1. The molecule has 1 saturated carbocycles. The van der Waals surface area contributed by atoms with E-state index < -0.39 is 6.09 Å². The van der Waals surface area contributed by atoms with E-state index in [-0.39, 0.29) is 23.8 Å². The van der Waals surface area contributed by atoms with Gasteiger partial charge in [-0.15, -0.1) is 0 Å². The molecule has 0 spiro atoms. The van der Waals surface area contributed by atoms with Crippen LogP contribution in [0.3, 0.4) is 0 Å². The summed E-state index contributed by atoms with van der Waals surface area (Å²) < 4.78 is 4.93. The number of alkyl carbamates (subject to hydrolysis) is 1. The van der Waals surface area contributed by atoms with Gasteiger partial charge < -0.3 is 15.4 Å². The molecule has 0 aliphatic heterocycles. The van der Waals surface area contributed by atoms with Gasteiger partial charge in [-0.1, -0.05) is 37.6 Å². The maximum Gasteiger partial charge on any atom is 0.407 e. The van der Waals surface area contributed by atoms with Crippen LogP contribution in [-0.4, -0.2) is 31.2 Å². The summed E-state index contributed by atoms with van der Waals surface area (Å²) in [5.41, 5.74) is 1.15. The van der Waals surface area contributed by atoms with Gasteiger partial charge in [0.2, 0.25) is 5.91 Å².